The van der Waals surface area contributed by atoms with Gasteiger partial charge in [-0.3, -0.25) is 4.79 Å². The van der Waals surface area contributed by atoms with Crippen LogP contribution in [-0.4, -0.2) is 29.8 Å². The molecule has 0 radical (unpaired) electrons. The third-order valence-corrected chi connectivity index (χ3v) is 6.09. The van der Waals surface area contributed by atoms with Crippen molar-refractivity contribution < 1.29 is 14.6 Å². The molecule has 0 saturated heterocycles. The smallest absolute Gasteiger partial charge is 0.223 e. The summed E-state index contributed by atoms with van der Waals surface area (Å²) < 4.78 is 5.25. The predicted molar refractivity (Wildman–Crippen MR) is 119 cm³/mol. The van der Waals surface area contributed by atoms with Crippen LogP contribution in [0.5, 0.6) is 5.75 Å². The Balaban J connectivity index is 2.08. The van der Waals surface area contributed by atoms with Crippen molar-refractivity contribution in [1.82, 2.24) is 5.32 Å². The SMILES string of the molecule is COc1ccc(CC2CC/C(C)=C\CCC[C@@](C)(O)CCC[C@@H](C)C(=O)N2)cc1. The summed E-state index contributed by atoms with van der Waals surface area (Å²) in [4.78, 5) is 12.8. The summed E-state index contributed by atoms with van der Waals surface area (Å²) in [6.07, 6.45) is 10.3. The van der Waals surface area contributed by atoms with Crippen molar-refractivity contribution in [2.45, 2.75) is 90.2 Å². The Labute approximate surface area is 176 Å². The fourth-order valence-electron chi connectivity index (χ4n) is 4.00. The lowest BCUT2D eigenvalue weighted by Crippen LogP contribution is -2.39. The van der Waals surface area contributed by atoms with Crippen molar-refractivity contribution in [3.05, 3.63) is 41.5 Å². The van der Waals surface area contributed by atoms with Gasteiger partial charge in [-0.2, -0.15) is 0 Å². The Morgan fingerprint density at radius 3 is 2.55 bits per heavy atom. The Kier molecular flexibility index (Phi) is 9.22. The maximum absolute atomic E-state index is 12.8. The van der Waals surface area contributed by atoms with E-state index in [1.807, 2.05) is 26.0 Å². The molecule has 2 rings (SSSR count). The summed E-state index contributed by atoms with van der Waals surface area (Å²) >= 11 is 0. The van der Waals surface area contributed by atoms with Gasteiger partial charge in [-0.05, 0) is 89.3 Å². The van der Waals surface area contributed by atoms with Gasteiger partial charge in [0.1, 0.15) is 5.75 Å². The van der Waals surface area contributed by atoms with E-state index < -0.39 is 5.60 Å². The van der Waals surface area contributed by atoms with Gasteiger partial charge in [0.25, 0.3) is 0 Å². The Bertz CT molecular complexity index is 663. The number of carbonyl (C=O) groups excluding carboxylic acids is 1. The first kappa shape index (κ1) is 23.5. The highest BCUT2D eigenvalue weighted by molar-refractivity contribution is 5.78. The molecule has 0 aromatic heterocycles. The van der Waals surface area contributed by atoms with Crippen LogP contribution in [0.25, 0.3) is 0 Å². The lowest BCUT2D eigenvalue weighted by molar-refractivity contribution is -0.125. The van der Waals surface area contributed by atoms with Gasteiger partial charge in [0.2, 0.25) is 5.91 Å². The second-order valence-electron chi connectivity index (χ2n) is 9.03. The molecule has 1 aromatic rings. The molecule has 0 fully saturated rings. The highest BCUT2D eigenvalue weighted by Crippen LogP contribution is 2.24. The van der Waals surface area contributed by atoms with Gasteiger partial charge in [0, 0.05) is 12.0 Å². The molecule has 0 aliphatic carbocycles. The fraction of sp³-hybridized carbons (Fsp3) is 0.640. The van der Waals surface area contributed by atoms with Crippen LogP contribution >= 0.6 is 0 Å². The molecule has 1 aromatic carbocycles. The van der Waals surface area contributed by atoms with Crippen molar-refractivity contribution in [1.29, 1.82) is 0 Å². The summed E-state index contributed by atoms with van der Waals surface area (Å²) in [5.41, 5.74) is 1.94. The van der Waals surface area contributed by atoms with Crippen LogP contribution < -0.4 is 10.1 Å². The van der Waals surface area contributed by atoms with Crippen LogP contribution in [0, 0.1) is 5.92 Å². The third kappa shape index (κ3) is 8.61. The third-order valence-electron chi connectivity index (χ3n) is 6.09. The van der Waals surface area contributed by atoms with E-state index in [1.165, 1.54) is 11.1 Å². The minimum absolute atomic E-state index is 0.0362. The average Bonchev–Trinajstić information content (AvgIpc) is 2.69. The lowest BCUT2D eigenvalue weighted by Gasteiger charge is -2.24. The van der Waals surface area contributed by atoms with Crippen molar-refractivity contribution >= 4 is 5.91 Å². The molecule has 1 heterocycles. The van der Waals surface area contributed by atoms with Crippen LogP contribution in [0.15, 0.2) is 35.9 Å². The average molecular weight is 402 g/mol. The zero-order chi connectivity index (χ0) is 21.3. The monoisotopic (exact) mass is 401 g/mol. The number of ether oxygens (including phenoxy) is 1. The van der Waals surface area contributed by atoms with E-state index in [9.17, 15) is 9.90 Å². The summed E-state index contributed by atoms with van der Waals surface area (Å²) in [6.45, 7) is 6.10. The first-order valence-corrected chi connectivity index (χ1v) is 11.1. The van der Waals surface area contributed by atoms with Gasteiger partial charge < -0.3 is 15.2 Å². The first-order chi connectivity index (χ1) is 13.8. The molecule has 0 bridgehead atoms. The lowest BCUT2D eigenvalue weighted by atomic mass is 9.90. The maximum Gasteiger partial charge on any atom is 0.223 e. The summed E-state index contributed by atoms with van der Waals surface area (Å²) in [5, 5.41) is 13.9. The normalized spacial score (nSPS) is 29.7. The minimum atomic E-state index is -0.630. The maximum atomic E-state index is 12.8. The number of carbonyl (C=O) groups is 1. The molecule has 1 aliphatic heterocycles. The zero-order valence-corrected chi connectivity index (χ0v) is 18.7. The topological polar surface area (TPSA) is 58.6 Å². The number of allylic oxidation sites excluding steroid dienone is 2. The number of amides is 1. The summed E-state index contributed by atoms with van der Waals surface area (Å²) in [6, 6.07) is 8.23. The molecule has 0 saturated carbocycles. The van der Waals surface area contributed by atoms with Gasteiger partial charge in [-0.25, -0.2) is 0 Å². The largest absolute Gasteiger partial charge is 0.497 e. The minimum Gasteiger partial charge on any atom is -0.497 e. The van der Waals surface area contributed by atoms with Crippen LogP contribution in [0.1, 0.15) is 77.7 Å². The van der Waals surface area contributed by atoms with Crippen molar-refractivity contribution in [3.8, 4) is 5.75 Å². The van der Waals surface area contributed by atoms with Crippen LogP contribution in [-0.2, 0) is 11.2 Å². The van der Waals surface area contributed by atoms with E-state index in [-0.39, 0.29) is 17.9 Å². The number of rotatable bonds is 3. The summed E-state index contributed by atoms with van der Waals surface area (Å²) in [5.74, 6) is 0.939. The molecule has 29 heavy (non-hydrogen) atoms. The Morgan fingerprint density at radius 2 is 1.86 bits per heavy atom. The van der Waals surface area contributed by atoms with Crippen molar-refractivity contribution in [2.75, 3.05) is 7.11 Å². The molecule has 3 atom stereocenters. The number of nitrogens with one attached hydrogen (secondary N) is 1. The molecule has 1 amide bonds. The molecular formula is C25H39NO3. The number of aliphatic hydroxyl groups is 1. The number of benzene rings is 1. The van der Waals surface area contributed by atoms with Crippen LogP contribution in [0.4, 0.5) is 0 Å². The van der Waals surface area contributed by atoms with E-state index in [0.717, 1.165) is 63.5 Å². The van der Waals surface area contributed by atoms with E-state index in [1.54, 1.807) is 7.11 Å². The molecule has 4 nitrogen and oxygen atoms in total. The quantitative estimate of drug-likeness (QED) is 0.685. The van der Waals surface area contributed by atoms with Crippen LogP contribution in [0.2, 0.25) is 0 Å². The predicted octanol–water partition coefficient (Wildman–Crippen LogP) is 5.19. The zero-order valence-electron chi connectivity index (χ0n) is 18.7. The van der Waals surface area contributed by atoms with Gasteiger partial charge in [0.05, 0.1) is 12.7 Å². The van der Waals surface area contributed by atoms with Crippen LogP contribution in [0.3, 0.4) is 0 Å². The highest BCUT2D eigenvalue weighted by atomic mass is 16.5. The van der Waals surface area contributed by atoms with Gasteiger partial charge >= 0.3 is 0 Å². The molecule has 162 valence electrons. The number of hydrogen-bond acceptors (Lipinski definition) is 3. The van der Waals surface area contributed by atoms with E-state index in [2.05, 4.69) is 30.4 Å². The molecule has 4 heteroatoms. The Hall–Kier alpha value is -1.81. The number of hydrogen-bond donors (Lipinski definition) is 2. The van der Waals surface area contributed by atoms with Gasteiger partial charge in [-0.15, -0.1) is 0 Å². The summed E-state index contributed by atoms with van der Waals surface area (Å²) in [7, 11) is 1.67. The molecule has 1 unspecified atom stereocenters. The van der Waals surface area contributed by atoms with Crippen molar-refractivity contribution in [2.24, 2.45) is 5.92 Å². The van der Waals surface area contributed by atoms with Gasteiger partial charge in [0.15, 0.2) is 0 Å². The Morgan fingerprint density at radius 1 is 1.17 bits per heavy atom. The van der Waals surface area contributed by atoms with E-state index >= 15 is 0 Å². The first-order valence-electron chi connectivity index (χ1n) is 11.1. The highest BCUT2D eigenvalue weighted by Gasteiger charge is 2.22. The molecular weight excluding hydrogens is 362 g/mol. The second-order valence-corrected chi connectivity index (χ2v) is 9.03. The molecule has 1 aliphatic rings. The second kappa shape index (κ2) is 11.4. The molecule has 2 N–H and O–H groups in total. The van der Waals surface area contributed by atoms with E-state index in [0.29, 0.717) is 0 Å². The van der Waals surface area contributed by atoms with Crippen molar-refractivity contribution in [3.63, 3.8) is 0 Å². The standard InChI is InChI=1S/C25H39NO3/c1-19-8-5-6-16-25(3,28)17-7-9-20(2)24(27)26-22(13-10-19)18-21-11-14-23(29-4)15-12-21/h8,11-12,14-15,20,22,28H,5-7,9-10,13,16-18H2,1-4H3,(H,26,27)/b19-8-/t20-,22?,25-/m1/s1. The fourth-order valence-corrected chi connectivity index (χ4v) is 4.00. The molecule has 0 spiro atoms. The number of methoxy groups -OCH3 is 1. The van der Waals surface area contributed by atoms with Gasteiger partial charge in [-0.1, -0.05) is 30.7 Å². The van der Waals surface area contributed by atoms with E-state index in [4.69, 9.17) is 4.74 Å².